The molecule has 1 heterocycles. The second kappa shape index (κ2) is 5.04. The van der Waals surface area contributed by atoms with Gasteiger partial charge in [-0.1, -0.05) is 20.8 Å². The second-order valence-corrected chi connectivity index (χ2v) is 5.57. The number of carbonyl (C=O) groups is 2. The van der Waals surface area contributed by atoms with Crippen LogP contribution in [-0.4, -0.2) is 48.2 Å². The third-order valence-corrected chi connectivity index (χ3v) is 3.15. The molecule has 0 aromatic rings. The average Bonchev–Trinajstić information content (AvgIpc) is 2.62. The number of likely N-dealkylation sites (tertiary alicyclic amines) is 1. The molecule has 0 aliphatic carbocycles. The molecule has 1 aliphatic rings. The van der Waals surface area contributed by atoms with Crippen LogP contribution >= 0.6 is 0 Å². The number of carbonyl (C=O) groups excluding carboxylic acids is 1. The van der Waals surface area contributed by atoms with Crippen LogP contribution in [0.3, 0.4) is 0 Å². The lowest BCUT2D eigenvalue weighted by Gasteiger charge is -2.29. The molecule has 17 heavy (non-hydrogen) atoms. The molecule has 0 aromatic carbocycles. The summed E-state index contributed by atoms with van der Waals surface area (Å²) in [4.78, 5) is 25.0. The molecule has 2 unspecified atom stereocenters. The first-order valence-corrected chi connectivity index (χ1v) is 5.81. The van der Waals surface area contributed by atoms with Gasteiger partial charge in [-0.25, -0.2) is 0 Å². The van der Waals surface area contributed by atoms with E-state index in [-0.39, 0.29) is 12.0 Å². The van der Waals surface area contributed by atoms with Crippen molar-refractivity contribution < 1.29 is 19.4 Å². The smallest absolute Gasteiger partial charge is 0.316 e. The van der Waals surface area contributed by atoms with Gasteiger partial charge in [0.2, 0.25) is 5.91 Å². The Hall–Kier alpha value is -1.10. The summed E-state index contributed by atoms with van der Waals surface area (Å²) in [5.41, 5.74) is -0.575. The van der Waals surface area contributed by atoms with E-state index in [0.29, 0.717) is 13.1 Å². The predicted octanol–water partition coefficient (Wildman–Crippen LogP) is 0.981. The van der Waals surface area contributed by atoms with Gasteiger partial charge < -0.3 is 14.7 Å². The SMILES string of the molecule is COC1CCN(C(=O)C(C(=O)O)C(C)(C)C)C1. The highest BCUT2D eigenvalue weighted by Crippen LogP contribution is 2.29. The number of hydrogen-bond acceptors (Lipinski definition) is 3. The van der Waals surface area contributed by atoms with Crippen LogP contribution in [0.25, 0.3) is 0 Å². The Kier molecular flexibility index (Phi) is 4.14. The molecular weight excluding hydrogens is 222 g/mol. The van der Waals surface area contributed by atoms with E-state index in [1.165, 1.54) is 0 Å². The van der Waals surface area contributed by atoms with Gasteiger partial charge in [0, 0.05) is 20.2 Å². The number of aliphatic carboxylic acids is 1. The van der Waals surface area contributed by atoms with Crippen molar-refractivity contribution >= 4 is 11.9 Å². The Morgan fingerprint density at radius 1 is 1.41 bits per heavy atom. The summed E-state index contributed by atoms with van der Waals surface area (Å²) in [7, 11) is 1.61. The first-order valence-electron chi connectivity index (χ1n) is 5.81. The maximum Gasteiger partial charge on any atom is 0.316 e. The van der Waals surface area contributed by atoms with E-state index in [1.807, 2.05) is 0 Å². The van der Waals surface area contributed by atoms with Gasteiger partial charge in [0.05, 0.1) is 6.10 Å². The zero-order valence-electron chi connectivity index (χ0n) is 10.9. The van der Waals surface area contributed by atoms with E-state index in [2.05, 4.69) is 0 Å². The highest BCUT2D eigenvalue weighted by Gasteiger charge is 2.41. The number of amides is 1. The third-order valence-electron chi connectivity index (χ3n) is 3.15. The summed E-state index contributed by atoms with van der Waals surface area (Å²) >= 11 is 0. The van der Waals surface area contributed by atoms with Gasteiger partial charge >= 0.3 is 5.97 Å². The van der Waals surface area contributed by atoms with Gasteiger partial charge in [0.1, 0.15) is 5.92 Å². The minimum absolute atomic E-state index is 0.0355. The van der Waals surface area contributed by atoms with Crippen LogP contribution < -0.4 is 0 Å². The number of nitrogens with zero attached hydrogens (tertiary/aromatic N) is 1. The number of carboxylic acid groups (broad SMARTS) is 1. The van der Waals surface area contributed by atoms with E-state index >= 15 is 0 Å². The fourth-order valence-electron chi connectivity index (χ4n) is 2.15. The molecule has 1 rings (SSSR count). The number of ether oxygens (including phenoxy) is 1. The highest BCUT2D eigenvalue weighted by atomic mass is 16.5. The minimum Gasteiger partial charge on any atom is -0.481 e. The Labute approximate surface area is 102 Å². The van der Waals surface area contributed by atoms with Crippen molar-refractivity contribution in [3.05, 3.63) is 0 Å². The lowest BCUT2D eigenvalue weighted by Crippen LogP contribution is -2.44. The highest BCUT2D eigenvalue weighted by molar-refractivity contribution is 5.97. The molecule has 0 bridgehead atoms. The standard InChI is InChI=1S/C12H21NO4/c1-12(2,3)9(11(15)16)10(14)13-6-5-8(7-13)17-4/h8-9H,5-7H2,1-4H3,(H,15,16). The van der Waals surface area contributed by atoms with Crippen LogP contribution in [0.1, 0.15) is 27.2 Å². The maximum atomic E-state index is 12.2. The average molecular weight is 243 g/mol. The normalized spacial score (nSPS) is 22.6. The summed E-state index contributed by atoms with van der Waals surface area (Å²) in [6.07, 6.45) is 0.812. The zero-order valence-corrected chi connectivity index (χ0v) is 10.9. The number of carboxylic acids is 1. The van der Waals surface area contributed by atoms with E-state index in [4.69, 9.17) is 4.74 Å². The fourth-order valence-corrected chi connectivity index (χ4v) is 2.15. The topological polar surface area (TPSA) is 66.8 Å². The number of methoxy groups -OCH3 is 1. The number of rotatable bonds is 3. The second-order valence-electron chi connectivity index (χ2n) is 5.57. The molecule has 0 aromatic heterocycles. The lowest BCUT2D eigenvalue weighted by atomic mass is 9.80. The quantitative estimate of drug-likeness (QED) is 0.750. The molecule has 0 saturated carbocycles. The van der Waals surface area contributed by atoms with Crippen molar-refractivity contribution in [1.29, 1.82) is 0 Å². The van der Waals surface area contributed by atoms with Gasteiger partial charge in [0.25, 0.3) is 0 Å². The first kappa shape index (κ1) is 14.0. The fraction of sp³-hybridized carbons (Fsp3) is 0.833. The van der Waals surface area contributed by atoms with Crippen molar-refractivity contribution in [2.45, 2.75) is 33.3 Å². The summed E-state index contributed by atoms with van der Waals surface area (Å²) in [5, 5.41) is 9.18. The summed E-state index contributed by atoms with van der Waals surface area (Å²) in [6.45, 7) is 6.39. The van der Waals surface area contributed by atoms with E-state index < -0.39 is 17.3 Å². The monoisotopic (exact) mass is 243 g/mol. The van der Waals surface area contributed by atoms with Crippen LogP contribution in [0.15, 0.2) is 0 Å². The lowest BCUT2D eigenvalue weighted by molar-refractivity contribution is -0.155. The molecule has 1 N–H and O–H groups in total. The van der Waals surface area contributed by atoms with Crippen LogP contribution in [0, 0.1) is 11.3 Å². The first-order chi connectivity index (χ1) is 7.77. The van der Waals surface area contributed by atoms with E-state index in [1.54, 1.807) is 32.8 Å². The van der Waals surface area contributed by atoms with Crippen molar-refractivity contribution in [3.8, 4) is 0 Å². The predicted molar refractivity (Wildman–Crippen MR) is 62.6 cm³/mol. The maximum absolute atomic E-state index is 12.2. The van der Waals surface area contributed by atoms with Gasteiger partial charge in [-0.05, 0) is 11.8 Å². The minimum atomic E-state index is -1.05. The van der Waals surface area contributed by atoms with E-state index in [9.17, 15) is 14.7 Å². The summed E-state index contributed by atoms with van der Waals surface area (Å²) in [5.74, 6) is -2.34. The molecule has 5 nitrogen and oxygen atoms in total. The molecular formula is C12H21NO4. The van der Waals surface area contributed by atoms with Crippen molar-refractivity contribution in [1.82, 2.24) is 4.90 Å². The molecule has 1 amide bonds. The Balaban J connectivity index is 2.77. The van der Waals surface area contributed by atoms with Crippen LogP contribution in [0.5, 0.6) is 0 Å². The van der Waals surface area contributed by atoms with Gasteiger partial charge in [-0.15, -0.1) is 0 Å². The molecule has 0 spiro atoms. The van der Waals surface area contributed by atoms with Crippen molar-refractivity contribution in [3.63, 3.8) is 0 Å². The van der Waals surface area contributed by atoms with Crippen LogP contribution in [-0.2, 0) is 14.3 Å². The zero-order chi connectivity index (χ0) is 13.2. The molecule has 1 fully saturated rings. The summed E-state index contributed by atoms with van der Waals surface area (Å²) < 4.78 is 5.18. The third kappa shape index (κ3) is 3.19. The van der Waals surface area contributed by atoms with Crippen molar-refractivity contribution in [2.24, 2.45) is 11.3 Å². The van der Waals surface area contributed by atoms with Gasteiger partial charge in [-0.3, -0.25) is 9.59 Å². The molecule has 5 heteroatoms. The molecule has 1 saturated heterocycles. The Morgan fingerprint density at radius 2 is 2.00 bits per heavy atom. The molecule has 1 aliphatic heterocycles. The Morgan fingerprint density at radius 3 is 2.35 bits per heavy atom. The largest absolute Gasteiger partial charge is 0.481 e. The summed E-state index contributed by atoms with van der Waals surface area (Å²) in [6, 6.07) is 0. The Bertz CT molecular complexity index is 308. The number of hydrogen-bond donors (Lipinski definition) is 1. The molecule has 2 atom stereocenters. The van der Waals surface area contributed by atoms with Gasteiger partial charge in [-0.2, -0.15) is 0 Å². The molecule has 0 radical (unpaired) electrons. The van der Waals surface area contributed by atoms with Crippen LogP contribution in [0.4, 0.5) is 0 Å². The van der Waals surface area contributed by atoms with Gasteiger partial charge in [0.15, 0.2) is 0 Å². The van der Waals surface area contributed by atoms with Crippen LogP contribution in [0.2, 0.25) is 0 Å². The van der Waals surface area contributed by atoms with E-state index in [0.717, 1.165) is 6.42 Å². The molecule has 98 valence electrons. The van der Waals surface area contributed by atoms with Crippen molar-refractivity contribution in [2.75, 3.05) is 20.2 Å².